The van der Waals surface area contributed by atoms with Crippen LogP contribution in [-0.2, 0) is 25.3 Å². The standard InChI is InChI=1S/C41H52F4N4O6/c1-54-24-28-21-47(39(53)40(42)25-48(30-6-3-4-7-30)23-34(40)26-9-12-31(55-2)13-10-26)22-33(28)32-14-11-29(41(43,44)45)20-36(32)46-18-15-27(16-19-46)37(50)49-17-5-8-35(49)38(51)52/h9-14,20,27-28,30,33-35H,3-8,15-19,21-25H2,1-2H3,(H,51,52)/t28-,33+,34+,35+,40+/m1/s1. The van der Waals surface area contributed by atoms with Crippen LogP contribution in [-0.4, -0.2) is 122 Å². The summed E-state index contributed by atoms with van der Waals surface area (Å²) in [6.07, 6.45) is 1.21. The zero-order valence-electron chi connectivity index (χ0n) is 31.6. The lowest BCUT2D eigenvalue weighted by atomic mass is 9.85. The first-order chi connectivity index (χ1) is 26.3. The molecule has 0 bridgehead atoms. The van der Waals surface area contributed by atoms with Gasteiger partial charge in [-0.15, -0.1) is 0 Å². The molecule has 5 fully saturated rings. The Morgan fingerprint density at radius 1 is 0.891 bits per heavy atom. The lowest BCUT2D eigenvalue weighted by molar-refractivity contribution is -0.150. The molecule has 0 radical (unpaired) electrons. The van der Waals surface area contributed by atoms with E-state index in [0.29, 0.717) is 68.9 Å². The number of likely N-dealkylation sites (tertiary alicyclic amines) is 3. The number of benzene rings is 2. The van der Waals surface area contributed by atoms with Crippen LogP contribution in [0.5, 0.6) is 5.75 Å². The molecule has 0 aromatic heterocycles. The smallest absolute Gasteiger partial charge is 0.416 e. The minimum atomic E-state index is -4.60. The summed E-state index contributed by atoms with van der Waals surface area (Å²) in [5.74, 6) is -3.09. The number of methoxy groups -OCH3 is 2. The van der Waals surface area contributed by atoms with E-state index in [4.69, 9.17) is 9.47 Å². The molecule has 5 atom stereocenters. The van der Waals surface area contributed by atoms with Crippen LogP contribution in [0.25, 0.3) is 0 Å². The molecule has 2 aromatic carbocycles. The van der Waals surface area contributed by atoms with Gasteiger partial charge in [0, 0.05) is 88.3 Å². The topological polar surface area (TPSA) is 103 Å². The molecule has 1 N–H and O–H groups in total. The highest BCUT2D eigenvalue weighted by Crippen LogP contribution is 2.47. The summed E-state index contributed by atoms with van der Waals surface area (Å²) in [6.45, 7) is 1.91. The predicted octanol–water partition coefficient (Wildman–Crippen LogP) is 5.94. The molecule has 14 heteroatoms. The third-order valence-electron chi connectivity index (χ3n) is 13.0. The zero-order valence-corrected chi connectivity index (χ0v) is 31.6. The fourth-order valence-corrected chi connectivity index (χ4v) is 10.1. The first-order valence-electron chi connectivity index (χ1n) is 19.7. The van der Waals surface area contributed by atoms with Crippen LogP contribution in [0.15, 0.2) is 42.5 Å². The maximum Gasteiger partial charge on any atom is 0.416 e. The average Bonchev–Trinajstić information content (AvgIpc) is 4.01. The SMILES string of the molecule is COC[C@H]1CN(C(=O)[C@]2(F)CN(C3CCCC3)C[C@H]2c2ccc(OC)cc2)C[C@@H]1c1ccc(C(F)(F)F)cc1N1CCC(C(=O)N2CCC[C@H]2C(=O)O)CC1. The first-order valence-corrected chi connectivity index (χ1v) is 19.7. The van der Waals surface area contributed by atoms with Crippen molar-refractivity contribution in [2.75, 3.05) is 71.5 Å². The molecule has 1 saturated carbocycles. The van der Waals surface area contributed by atoms with E-state index in [2.05, 4.69) is 4.90 Å². The van der Waals surface area contributed by atoms with Crippen molar-refractivity contribution in [2.45, 2.75) is 87.1 Å². The van der Waals surface area contributed by atoms with E-state index in [1.807, 2.05) is 17.0 Å². The van der Waals surface area contributed by atoms with E-state index >= 15 is 4.39 Å². The van der Waals surface area contributed by atoms with E-state index in [1.54, 1.807) is 31.3 Å². The fraction of sp³-hybridized carbons (Fsp3) is 0.634. The maximum atomic E-state index is 17.8. The lowest BCUT2D eigenvalue weighted by Crippen LogP contribution is -2.50. The second-order valence-corrected chi connectivity index (χ2v) is 16.1. The summed E-state index contributed by atoms with van der Waals surface area (Å²) < 4.78 is 71.3. The molecular weight excluding hydrogens is 720 g/mol. The Morgan fingerprint density at radius 3 is 2.24 bits per heavy atom. The number of ether oxygens (including phenoxy) is 2. The Morgan fingerprint density at radius 2 is 1.60 bits per heavy atom. The third kappa shape index (κ3) is 7.77. The van der Waals surface area contributed by atoms with Crippen LogP contribution in [0, 0.1) is 11.8 Å². The fourth-order valence-electron chi connectivity index (χ4n) is 10.1. The largest absolute Gasteiger partial charge is 0.497 e. The molecule has 0 unspecified atom stereocenters. The van der Waals surface area contributed by atoms with Gasteiger partial charge in [0.05, 0.1) is 19.3 Å². The van der Waals surface area contributed by atoms with Gasteiger partial charge in [0.2, 0.25) is 11.6 Å². The third-order valence-corrected chi connectivity index (χ3v) is 13.0. The van der Waals surface area contributed by atoms with Crippen molar-refractivity contribution in [3.05, 3.63) is 59.2 Å². The second kappa shape index (κ2) is 15.9. The number of halogens is 4. The summed E-state index contributed by atoms with van der Waals surface area (Å²) in [5, 5.41) is 9.62. The van der Waals surface area contributed by atoms with Crippen LogP contribution in [0.3, 0.4) is 0 Å². The molecule has 0 spiro atoms. The average molecular weight is 773 g/mol. The molecule has 55 heavy (non-hydrogen) atoms. The van der Waals surface area contributed by atoms with Gasteiger partial charge in [0.15, 0.2) is 0 Å². The monoisotopic (exact) mass is 772 g/mol. The minimum Gasteiger partial charge on any atom is -0.497 e. The number of hydrogen-bond acceptors (Lipinski definition) is 7. The number of piperidine rings is 1. The molecule has 1 aliphatic carbocycles. The lowest BCUT2D eigenvalue weighted by Gasteiger charge is -2.37. The van der Waals surface area contributed by atoms with Gasteiger partial charge in [0.1, 0.15) is 11.8 Å². The number of carbonyl (C=O) groups excluding carboxylic acids is 2. The highest BCUT2D eigenvalue weighted by atomic mass is 19.4. The number of carbonyl (C=O) groups is 3. The van der Waals surface area contributed by atoms with Crippen molar-refractivity contribution in [3.8, 4) is 5.75 Å². The van der Waals surface area contributed by atoms with Gasteiger partial charge in [-0.3, -0.25) is 14.5 Å². The van der Waals surface area contributed by atoms with Gasteiger partial charge in [-0.1, -0.05) is 31.0 Å². The molecule has 4 saturated heterocycles. The Balaban J connectivity index is 1.15. The van der Waals surface area contributed by atoms with Gasteiger partial charge in [-0.05, 0) is 73.9 Å². The van der Waals surface area contributed by atoms with Gasteiger partial charge in [-0.2, -0.15) is 13.2 Å². The van der Waals surface area contributed by atoms with Gasteiger partial charge < -0.3 is 29.3 Å². The number of carboxylic acids is 1. The first kappa shape index (κ1) is 39.3. The highest BCUT2D eigenvalue weighted by Gasteiger charge is 2.57. The van der Waals surface area contributed by atoms with E-state index in [0.717, 1.165) is 43.4 Å². The summed E-state index contributed by atoms with van der Waals surface area (Å²) in [5.41, 5.74) is -1.29. The van der Waals surface area contributed by atoms with Crippen LogP contribution >= 0.6 is 0 Å². The van der Waals surface area contributed by atoms with Crippen molar-refractivity contribution in [1.82, 2.24) is 14.7 Å². The number of carboxylic acid groups (broad SMARTS) is 1. The number of nitrogens with zero attached hydrogens (tertiary/aromatic N) is 4. The van der Waals surface area contributed by atoms with E-state index in [9.17, 15) is 32.7 Å². The van der Waals surface area contributed by atoms with Crippen molar-refractivity contribution < 1.29 is 46.5 Å². The second-order valence-electron chi connectivity index (χ2n) is 16.1. The quantitative estimate of drug-likeness (QED) is 0.296. The van der Waals surface area contributed by atoms with Crippen LogP contribution < -0.4 is 9.64 Å². The zero-order chi connectivity index (χ0) is 39.1. The highest BCUT2D eigenvalue weighted by molar-refractivity contribution is 5.88. The van der Waals surface area contributed by atoms with Crippen molar-refractivity contribution >= 4 is 23.5 Å². The molecule has 2 aromatic rings. The molecular formula is C41H52F4N4O6. The molecule has 10 nitrogen and oxygen atoms in total. The number of hydrogen-bond donors (Lipinski definition) is 1. The van der Waals surface area contributed by atoms with Crippen molar-refractivity contribution in [3.63, 3.8) is 0 Å². The summed E-state index contributed by atoms with van der Waals surface area (Å²) in [4.78, 5) is 46.8. The number of anilines is 1. The number of rotatable bonds is 10. The Hall–Kier alpha value is -3.91. The molecule has 4 heterocycles. The van der Waals surface area contributed by atoms with E-state index in [-0.39, 0.29) is 44.1 Å². The van der Waals surface area contributed by atoms with Crippen LogP contribution in [0.2, 0.25) is 0 Å². The van der Waals surface area contributed by atoms with Gasteiger partial charge >= 0.3 is 12.1 Å². The van der Waals surface area contributed by atoms with E-state index in [1.165, 1.54) is 11.0 Å². The van der Waals surface area contributed by atoms with Crippen LogP contribution in [0.4, 0.5) is 23.2 Å². The van der Waals surface area contributed by atoms with Crippen molar-refractivity contribution in [1.29, 1.82) is 0 Å². The molecule has 7 rings (SSSR count). The van der Waals surface area contributed by atoms with E-state index < -0.39 is 53.1 Å². The Bertz CT molecular complexity index is 1710. The van der Waals surface area contributed by atoms with Gasteiger partial charge in [-0.25, -0.2) is 9.18 Å². The normalized spacial score (nSPS) is 28.4. The summed E-state index contributed by atoms with van der Waals surface area (Å²) >= 11 is 0. The summed E-state index contributed by atoms with van der Waals surface area (Å²) in [6, 6.07) is 10.3. The van der Waals surface area contributed by atoms with Crippen LogP contribution in [0.1, 0.15) is 79.9 Å². The number of alkyl halides is 4. The Labute approximate surface area is 319 Å². The predicted molar refractivity (Wildman–Crippen MR) is 197 cm³/mol. The number of aliphatic carboxylic acids is 1. The maximum absolute atomic E-state index is 17.8. The Kier molecular flexibility index (Phi) is 11.4. The van der Waals surface area contributed by atoms with Crippen molar-refractivity contribution in [2.24, 2.45) is 11.8 Å². The number of amides is 2. The molecule has 2 amide bonds. The molecule has 300 valence electrons. The molecule has 5 aliphatic rings. The summed E-state index contributed by atoms with van der Waals surface area (Å²) in [7, 11) is 3.10. The minimum absolute atomic E-state index is 0.0207. The molecule has 4 aliphatic heterocycles. The van der Waals surface area contributed by atoms with Gasteiger partial charge in [0.25, 0.3) is 5.91 Å².